The smallest absolute Gasteiger partial charge is 0.231 e. The minimum Gasteiger partial charge on any atom is -0.508 e. The molecule has 0 bridgehead atoms. The van der Waals surface area contributed by atoms with Crippen LogP contribution in [0, 0.1) is 0 Å². The first kappa shape index (κ1) is 22.2. The van der Waals surface area contributed by atoms with E-state index < -0.39 is 0 Å². The largest absolute Gasteiger partial charge is 0.508 e. The Morgan fingerprint density at radius 2 is 1.59 bits per heavy atom. The second kappa shape index (κ2) is 10.4. The molecule has 2 aliphatic rings. The fourth-order valence-corrected chi connectivity index (χ4v) is 2.46. The molecule has 2 heterocycles. The van der Waals surface area contributed by atoms with Crippen molar-refractivity contribution < 1.29 is 33.5 Å². The summed E-state index contributed by atoms with van der Waals surface area (Å²) < 4.78 is 30.7. The van der Waals surface area contributed by atoms with Crippen molar-refractivity contribution in [1.82, 2.24) is 0 Å². The van der Waals surface area contributed by atoms with Crippen molar-refractivity contribution in [1.29, 1.82) is 0 Å². The van der Waals surface area contributed by atoms with Crippen LogP contribution in [0.4, 0.5) is 0 Å². The van der Waals surface area contributed by atoms with Gasteiger partial charge in [-0.25, -0.2) is 0 Å². The zero-order valence-electron chi connectivity index (χ0n) is 14.1. The van der Waals surface area contributed by atoms with Crippen LogP contribution < -0.4 is 23.7 Å². The fraction of sp³-hybridized carbons (Fsp3) is 0.400. The average Bonchev–Trinajstić information content (AvgIpc) is 3.29. The molecule has 0 aliphatic carbocycles. The molecule has 150 valence electrons. The van der Waals surface area contributed by atoms with E-state index >= 15 is 0 Å². The van der Waals surface area contributed by atoms with Gasteiger partial charge in [-0.3, -0.25) is 0 Å². The van der Waals surface area contributed by atoms with E-state index in [2.05, 4.69) is 0 Å². The Bertz CT molecular complexity index is 731. The molecule has 0 aromatic heterocycles. The van der Waals surface area contributed by atoms with Gasteiger partial charge in [0.15, 0.2) is 29.8 Å². The van der Waals surface area contributed by atoms with Gasteiger partial charge in [-0.2, -0.15) is 0 Å². The predicted molar refractivity (Wildman–Crippen MR) is 102 cm³/mol. The molecule has 0 unspecified atom stereocenters. The minimum atomic E-state index is 0. The van der Waals surface area contributed by atoms with E-state index in [1.807, 2.05) is 19.1 Å². The van der Waals surface area contributed by atoms with E-state index in [1.165, 1.54) is 0 Å². The number of fused-ring (bicyclic) bond motifs is 2. The van der Waals surface area contributed by atoms with Gasteiger partial charge in [0.05, 0.1) is 0 Å². The van der Waals surface area contributed by atoms with Crippen LogP contribution in [0.15, 0.2) is 30.3 Å². The second-order valence-corrected chi connectivity index (χ2v) is 5.22. The summed E-state index contributed by atoms with van der Waals surface area (Å²) in [5, 5.41) is 9.44. The fourth-order valence-electron chi connectivity index (χ4n) is 2.46. The number of ether oxygens (including phenoxy) is 6. The molecule has 0 saturated carbocycles. The van der Waals surface area contributed by atoms with Gasteiger partial charge in [-0.1, -0.05) is 21.8 Å². The first-order valence-corrected chi connectivity index (χ1v) is 7.84. The summed E-state index contributed by atoms with van der Waals surface area (Å²) >= 11 is 0. The maximum absolute atomic E-state index is 9.44. The molecule has 1 N–H and O–H groups in total. The summed E-state index contributed by atoms with van der Waals surface area (Å²) in [6.07, 6.45) is 0.748. The van der Waals surface area contributed by atoms with E-state index in [9.17, 15) is 5.11 Å². The van der Waals surface area contributed by atoms with Crippen molar-refractivity contribution in [3.8, 4) is 34.5 Å². The quantitative estimate of drug-likeness (QED) is 0.790. The van der Waals surface area contributed by atoms with Crippen molar-refractivity contribution in [2.75, 3.05) is 27.5 Å². The Morgan fingerprint density at radius 3 is 2.33 bits per heavy atom. The summed E-state index contributed by atoms with van der Waals surface area (Å²) in [5.74, 6) is 3.88. The molecule has 7 nitrogen and oxygen atoms in total. The Labute approximate surface area is 160 Å². The van der Waals surface area contributed by atoms with E-state index in [0.29, 0.717) is 17.2 Å². The third-order valence-corrected chi connectivity index (χ3v) is 3.66. The Balaban J connectivity index is 0.000000252. The lowest BCUT2D eigenvalue weighted by molar-refractivity contribution is 0.0510. The Hall–Kier alpha value is -2.80. The highest BCUT2D eigenvalue weighted by molar-refractivity contribution is 5.54. The van der Waals surface area contributed by atoms with Crippen molar-refractivity contribution in [3.05, 3.63) is 35.9 Å². The number of rotatable bonds is 4. The van der Waals surface area contributed by atoms with E-state index in [1.54, 1.807) is 25.3 Å². The lowest BCUT2D eigenvalue weighted by atomic mass is 10.1. The maximum atomic E-state index is 9.44. The first-order chi connectivity index (χ1) is 12.2. The van der Waals surface area contributed by atoms with Crippen molar-refractivity contribution >= 4 is 0 Å². The van der Waals surface area contributed by atoms with E-state index in [-0.39, 0.29) is 41.0 Å². The number of phenols is 1. The standard InChI is InChI=1S/C9H10O4.C9H10O3.2CH4/c1-10-5-11-7-2-3-8-9(4-7)13-6-12-8;1-2-6-7(10)3-4-8-9(6)12-5-11-8;;/h2-4H,5-6H2,1H3;3-4,10H,2,5H2,1H3;2*1H4. The summed E-state index contributed by atoms with van der Waals surface area (Å²) in [4.78, 5) is 0. The lowest BCUT2D eigenvalue weighted by Crippen LogP contribution is -1.98. The number of hydrogen-bond acceptors (Lipinski definition) is 7. The third kappa shape index (κ3) is 5.10. The molecule has 27 heavy (non-hydrogen) atoms. The number of methoxy groups -OCH3 is 1. The van der Waals surface area contributed by atoms with Gasteiger partial charge in [-0.05, 0) is 30.7 Å². The summed E-state index contributed by atoms with van der Waals surface area (Å²) in [6.45, 7) is 2.74. The van der Waals surface area contributed by atoms with Crippen LogP contribution in [0.5, 0.6) is 34.5 Å². The molecule has 7 heteroatoms. The van der Waals surface area contributed by atoms with Gasteiger partial charge in [0.1, 0.15) is 11.5 Å². The molecule has 0 fully saturated rings. The summed E-state index contributed by atoms with van der Waals surface area (Å²) in [6, 6.07) is 8.75. The number of phenolic OH excluding ortho intramolecular Hbond substituents is 1. The van der Waals surface area contributed by atoms with Gasteiger partial charge in [0.2, 0.25) is 13.6 Å². The highest BCUT2D eigenvalue weighted by Gasteiger charge is 2.19. The molecular weight excluding hydrogens is 352 g/mol. The van der Waals surface area contributed by atoms with Crippen LogP contribution in [0.25, 0.3) is 0 Å². The van der Waals surface area contributed by atoms with Crippen LogP contribution in [-0.2, 0) is 11.2 Å². The molecule has 2 aromatic carbocycles. The molecule has 0 amide bonds. The summed E-state index contributed by atoms with van der Waals surface area (Å²) in [7, 11) is 1.58. The number of hydrogen-bond donors (Lipinski definition) is 1. The zero-order valence-corrected chi connectivity index (χ0v) is 14.1. The highest BCUT2D eigenvalue weighted by atomic mass is 16.7. The Morgan fingerprint density at radius 1 is 0.926 bits per heavy atom. The van der Waals surface area contributed by atoms with Crippen LogP contribution in [0.3, 0.4) is 0 Å². The van der Waals surface area contributed by atoms with Crippen molar-refractivity contribution in [2.24, 2.45) is 0 Å². The van der Waals surface area contributed by atoms with Gasteiger partial charge in [0.25, 0.3) is 0 Å². The van der Waals surface area contributed by atoms with Gasteiger partial charge in [-0.15, -0.1) is 0 Å². The average molecular weight is 380 g/mol. The van der Waals surface area contributed by atoms with Crippen molar-refractivity contribution in [3.63, 3.8) is 0 Å². The molecule has 2 aliphatic heterocycles. The third-order valence-electron chi connectivity index (χ3n) is 3.66. The maximum Gasteiger partial charge on any atom is 0.231 e. The minimum absolute atomic E-state index is 0. The Kier molecular flexibility index (Phi) is 8.55. The normalized spacial score (nSPS) is 12.2. The van der Waals surface area contributed by atoms with E-state index in [0.717, 1.165) is 23.5 Å². The van der Waals surface area contributed by atoms with Crippen LogP contribution in [0.1, 0.15) is 27.3 Å². The molecular formula is C20H28O7. The topological polar surface area (TPSA) is 75.6 Å². The second-order valence-electron chi connectivity index (χ2n) is 5.22. The van der Waals surface area contributed by atoms with Crippen LogP contribution >= 0.6 is 0 Å². The molecule has 4 rings (SSSR count). The lowest BCUT2D eigenvalue weighted by Gasteiger charge is -2.04. The predicted octanol–water partition coefficient (Wildman–Crippen LogP) is 4.35. The van der Waals surface area contributed by atoms with Crippen LogP contribution in [-0.4, -0.2) is 32.6 Å². The zero-order chi connectivity index (χ0) is 17.6. The number of benzene rings is 2. The monoisotopic (exact) mass is 380 g/mol. The van der Waals surface area contributed by atoms with Gasteiger partial charge in [0, 0.05) is 18.7 Å². The van der Waals surface area contributed by atoms with Crippen molar-refractivity contribution in [2.45, 2.75) is 28.2 Å². The van der Waals surface area contributed by atoms with Crippen LogP contribution in [0.2, 0.25) is 0 Å². The van der Waals surface area contributed by atoms with Gasteiger partial charge >= 0.3 is 0 Å². The van der Waals surface area contributed by atoms with E-state index in [4.69, 9.17) is 28.4 Å². The SMILES string of the molecule is C.C.CCc1c(O)ccc2c1OCO2.COCOc1ccc2c(c1)OCO2. The highest BCUT2D eigenvalue weighted by Crippen LogP contribution is 2.40. The molecule has 2 aromatic rings. The molecule has 0 saturated heterocycles. The summed E-state index contributed by atoms with van der Waals surface area (Å²) in [5.41, 5.74) is 0.824. The first-order valence-electron chi connectivity index (χ1n) is 7.84. The molecule has 0 atom stereocenters. The van der Waals surface area contributed by atoms with Gasteiger partial charge < -0.3 is 33.5 Å². The number of aromatic hydroxyl groups is 1. The molecule has 0 spiro atoms. The molecule has 0 radical (unpaired) electrons.